The van der Waals surface area contributed by atoms with E-state index in [9.17, 15) is 14.0 Å². The van der Waals surface area contributed by atoms with Gasteiger partial charge in [-0.25, -0.2) is 4.39 Å². The van der Waals surface area contributed by atoms with Crippen molar-refractivity contribution in [1.82, 2.24) is 25.5 Å². The molecule has 0 aliphatic heterocycles. The molecule has 2 heterocycles. The summed E-state index contributed by atoms with van der Waals surface area (Å²) in [5, 5.41) is 15.0. The first kappa shape index (κ1) is 26.5. The molecule has 0 spiro atoms. The number of rotatable bonds is 8. The highest BCUT2D eigenvalue weighted by Gasteiger charge is 2.37. The maximum absolute atomic E-state index is 14.2. The molecule has 0 saturated carbocycles. The van der Waals surface area contributed by atoms with Crippen LogP contribution in [0.15, 0.2) is 65.1 Å². The Morgan fingerprint density at radius 3 is 2.42 bits per heavy atom. The standard InChI is InChI=1S/C27H29FN6O4/c1-17-10-15-22(38-17)24(26(36)29-27(2,3)4)34(18-11-13-19(37-5)14-12-18)23(35)16-33-31-25(30-32-33)20-8-6-7-9-21(20)28/h6-15,24H,16H2,1-5H3,(H,29,36)/t24-/m1/s1. The first-order chi connectivity index (χ1) is 18.1. The minimum atomic E-state index is -1.14. The SMILES string of the molecule is COc1ccc(N(C(=O)Cn2nnc(-c3ccccc3F)n2)[C@@H](C(=O)NC(C)(C)C)c2ccc(C)o2)cc1. The van der Waals surface area contributed by atoms with Gasteiger partial charge in [-0.15, -0.1) is 10.2 Å². The highest BCUT2D eigenvalue weighted by atomic mass is 19.1. The number of halogens is 1. The van der Waals surface area contributed by atoms with E-state index in [1.165, 1.54) is 24.1 Å². The number of anilines is 1. The van der Waals surface area contributed by atoms with Gasteiger partial charge in [-0.3, -0.25) is 14.5 Å². The Kier molecular flexibility index (Phi) is 7.56. The summed E-state index contributed by atoms with van der Waals surface area (Å²) >= 11 is 0. The van der Waals surface area contributed by atoms with E-state index in [-0.39, 0.29) is 23.7 Å². The maximum Gasteiger partial charge on any atom is 0.251 e. The summed E-state index contributed by atoms with van der Waals surface area (Å²) in [6.45, 7) is 6.92. The van der Waals surface area contributed by atoms with Crippen LogP contribution in [0.3, 0.4) is 0 Å². The molecule has 0 radical (unpaired) electrons. The summed E-state index contributed by atoms with van der Waals surface area (Å²) in [7, 11) is 1.53. The number of hydrogen-bond donors (Lipinski definition) is 1. The molecular weight excluding hydrogens is 491 g/mol. The molecule has 4 aromatic rings. The molecule has 0 aliphatic carbocycles. The van der Waals surface area contributed by atoms with Crippen molar-refractivity contribution < 1.29 is 23.1 Å². The second kappa shape index (κ2) is 10.8. The number of aryl methyl sites for hydroxylation is 1. The van der Waals surface area contributed by atoms with Crippen LogP contribution in [0.25, 0.3) is 11.4 Å². The average Bonchev–Trinajstić information content (AvgIpc) is 3.50. The minimum absolute atomic E-state index is 0.0376. The number of carbonyl (C=O) groups excluding carboxylic acids is 2. The summed E-state index contributed by atoms with van der Waals surface area (Å²) in [5.74, 6) is 0.0274. The van der Waals surface area contributed by atoms with Crippen LogP contribution in [-0.2, 0) is 16.1 Å². The molecule has 10 nitrogen and oxygen atoms in total. The van der Waals surface area contributed by atoms with Crippen molar-refractivity contribution >= 4 is 17.5 Å². The number of methoxy groups -OCH3 is 1. The maximum atomic E-state index is 14.2. The van der Waals surface area contributed by atoms with Gasteiger partial charge in [0.2, 0.25) is 5.82 Å². The molecule has 2 aromatic heterocycles. The zero-order valence-corrected chi connectivity index (χ0v) is 21.8. The summed E-state index contributed by atoms with van der Waals surface area (Å²) < 4.78 is 25.3. The molecule has 38 heavy (non-hydrogen) atoms. The van der Waals surface area contributed by atoms with Gasteiger partial charge in [0, 0.05) is 11.2 Å². The molecular formula is C27H29FN6O4. The molecule has 1 N–H and O–H groups in total. The molecule has 198 valence electrons. The molecule has 11 heteroatoms. The Labute approximate surface area is 219 Å². The minimum Gasteiger partial charge on any atom is -0.497 e. The van der Waals surface area contributed by atoms with Crippen LogP contribution in [0, 0.1) is 12.7 Å². The Morgan fingerprint density at radius 1 is 1.11 bits per heavy atom. The van der Waals surface area contributed by atoms with Crippen molar-refractivity contribution in [1.29, 1.82) is 0 Å². The van der Waals surface area contributed by atoms with E-state index in [1.807, 2.05) is 20.8 Å². The van der Waals surface area contributed by atoms with E-state index in [4.69, 9.17) is 9.15 Å². The van der Waals surface area contributed by atoms with Gasteiger partial charge in [-0.1, -0.05) is 12.1 Å². The number of aromatic nitrogens is 4. The van der Waals surface area contributed by atoms with E-state index in [1.54, 1.807) is 55.5 Å². The van der Waals surface area contributed by atoms with Crippen molar-refractivity contribution in [2.75, 3.05) is 12.0 Å². The number of carbonyl (C=O) groups is 2. The fourth-order valence-electron chi connectivity index (χ4n) is 3.85. The second-order valence-electron chi connectivity index (χ2n) is 9.68. The molecule has 0 saturated heterocycles. The third-order valence-corrected chi connectivity index (χ3v) is 5.50. The Morgan fingerprint density at radius 2 is 1.82 bits per heavy atom. The molecule has 0 unspecified atom stereocenters. The van der Waals surface area contributed by atoms with Crippen LogP contribution >= 0.6 is 0 Å². The van der Waals surface area contributed by atoms with Gasteiger partial charge in [-0.2, -0.15) is 4.80 Å². The van der Waals surface area contributed by atoms with E-state index >= 15 is 0 Å². The van der Waals surface area contributed by atoms with E-state index in [0.717, 1.165) is 4.80 Å². The largest absolute Gasteiger partial charge is 0.497 e. The smallest absolute Gasteiger partial charge is 0.251 e. The zero-order valence-electron chi connectivity index (χ0n) is 21.8. The fourth-order valence-corrected chi connectivity index (χ4v) is 3.85. The van der Waals surface area contributed by atoms with E-state index < -0.39 is 29.2 Å². The van der Waals surface area contributed by atoms with Gasteiger partial charge in [0.15, 0.2) is 6.04 Å². The van der Waals surface area contributed by atoms with E-state index in [0.29, 0.717) is 17.2 Å². The predicted octanol–water partition coefficient (Wildman–Crippen LogP) is 4.08. The van der Waals surface area contributed by atoms with Crippen LogP contribution in [0.1, 0.15) is 38.3 Å². The van der Waals surface area contributed by atoms with Crippen LogP contribution in [0.2, 0.25) is 0 Å². The number of ether oxygens (including phenoxy) is 1. The Balaban J connectivity index is 1.74. The lowest BCUT2D eigenvalue weighted by Gasteiger charge is -2.32. The van der Waals surface area contributed by atoms with Gasteiger partial charge in [0.1, 0.15) is 29.6 Å². The quantitative estimate of drug-likeness (QED) is 0.372. The van der Waals surface area contributed by atoms with Gasteiger partial charge in [0.25, 0.3) is 11.8 Å². The number of tetrazole rings is 1. The number of hydrogen-bond acceptors (Lipinski definition) is 7. The van der Waals surface area contributed by atoms with Crippen molar-refractivity contribution in [2.45, 2.75) is 45.8 Å². The number of amides is 2. The normalized spacial score (nSPS) is 12.2. The molecule has 1 atom stereocenters. The molecule has 0 fully saturated rings. The third kappa shape index (κ3) is 6.05. The lowest BCUT2D eigenvalue weighted by atomic mass is 10.1. The highest BCUT2D eigenvalue weighted by Crippen LogP contribution is 2.31. The molecule has 0 aliphatic rings. The fraction of sp³-hybridized carbons (Fsp3) is 0.296. The molecule has 0 bridgehead atoms. The lowest BCUT2D eigenvalue weighted by Crippen LogP contribution is -2.50. The van der Waals surface area contributed by atoms with Gasteiger partial charge < -0.3 is 14.5 Å². The summed E-state index contributed by atoms with van der Waals surface area (Å²) in [5.41, 5.74) is 0.00770. The molecule has 2 aromatic carbocycles. The zero-order chi connectivity index (χ0) is 27.4. The lowest BCUT2D eigenvalue weighted by molar-refractivity contribution is -0.128. The first-order valence-corrected chi connectivity index (χ1v) is 11.9. The summed E-state index contributed by atoms with van der Waals surface area (Å²) in [6.07, 6.45) is 0. The summed E-state index contributed by atoms with van der Waals surface area (Å²) in [4.78, 5) is 29.8. The molecule has 4 rings (SSSR count). The average molecular weight is 521 g/mol. The second-order valence-corrected chi connectivity index (χ2v) is 9.68. The van der Waals surface area contributed by atoms with Crippen molar-refractivity contribution in [3.8, 4) is 17.1 Å². The molecule has 2 amide bonds. The number of nitrogens with zero attached hydrogens (tertiary/aromatic N) is 5. The van der Waals surface area contributed by atoms with E-state index in [2.05, 4.69) is 20.7 Å². The Bertz CT molecular complexity index is 1420. The van der Waals surface area contributed by atoms with Gasteiger partial charge in [0.05, 0.1) is 12.7 Å². The predicted molar refractivity (Wildman–Crippen MR) is 138 cm³/mol. The monoisotopic (exact) mass is 520 g/mol. The van der Waals surface area contributed by atoms with Crippen molar-refractivity contribution in [3.63, 3.8) is 0 Å². The highest BCUT2D eigenvalue weighted by molar-refractivity contribution is 6.01. The van der Waals surface area contributed by atoms with Crippen molar-refractivity contribution in [3.05, 3.63) is 78.0 Å². The van der Waals surface area contributed by atoms with Crippen molar-refractivity contribution in [2.24, 2.45) is 0 Å². The summed E-state index contributed by atoms with van der Waals surface area (Å²) in [6, 6.07) is 15.0. The Hall–Kier alpha value is -4.54. The number of nitrogens with one attached hydrogen (secondary N) is 1. The number of benzene rings is 2. The van der Waals surface area contributed by atoms with Gasteiger partial charge >= 0.3 is 0 Å². The van der Waals surface area contributed by atoms with Crippen LogP contribution < -0.4 is 15.0 Å². The van der Waals surface area contributed by atoms with Crippen LogP contribution in [0.5, 0.6) is 5.75 Å². The first-order valence-electron chi connectivity index (χ1n) is 11.9. The van der Waals surface area contributed by atoms with Crippen LogP contribution in [0.4, 0.5) is 10.1 Å². The number of furan rings is 1. The van der Waals surface area contributed by atoms with Crippen LogP contribution in [-0.4, -0.2) is 44.7 Å². The topological polar surface area (TPSA) is 115 Å². The van der Waals surface area contributed by atoms with Gasteiger partial charge in [-0.05, 0) is 81.4 Å². The third-order valence-electron chi connectivity index (χ3n) is 5.50.